The fourth-order valence-electron chi connectivity index (χ4n) is 3.29. The van der Waals surface area contributed by atoms with Gasteiger partial charge in [-0.3, -0.25) is 9.59 Å². The molecule has 3 aromatic rings. The fourth-order valence-corrected chi connectivity index (χ4v) is 3.29. The number of nitrogen functional groups attached to an aromatic ring is 1. The van der Waals surface area contributed by atoms with Gasteiger partial charge in [-0.25, -0.2) is 0 Å². The molecule has 31 heavy (non-hydrogen) atoms. The average molecular weight is 415 g/mol. The van der Waals surface area contributed by atoms with Crippen LogP contribution in [0.3, 0.4) is 0 Å². The fraction of sp³-hybridized carbons (Fsp3) is 0.208. The van der Waals surface area contributed by atoms with Gasteiger partial charge in [-0.15, -0.1) is 0 Å². The summed E-state index contributed by atoms with van der Waals surface area (Å²) in [5.41, 5.74) is 8.24. The lowest BCUT2D eigenvalue weighted by molar-refractivity contribution is -0.120. The first-order valence-electron chi connectivity index (χ1n) is 9.82. The van der Waals surface area contributed by atoms with Crippen LogP contribution in [0.4, 0.5) is 11.4 Å². The molecule has 0 fully saturated rings. The molecule has 0 radical (unpaired) electrons. The molecule has 0 aliphatic carbocycles. The standard InChI is InChI=1S/C24H21N3O4/c1-27-21-13-18(25)10-11-23(21)30-15-17(24(27)29)8-5-9-22(28)20-14-19(31-26-20)12-16-6-3-2-4-7-16/h2-4,6-7,10-11,13-14,17H,9,12,15,25H2,1H3/t17-/m0/s1. The number of hydrogen-bond donors (Lipinski definition) is 1. The van der Waals surface area contributed by atoms with Crippen molar-refractivity contribution < 1.29 is 18.8 Å². The molecule has 1 atom stereocenters. The summed E-state index contributed by atoms with van der Waals surface area (Å²) in [5, 5.41) is 3.85. The number of aromatic nitrogens is 1. The number of hydrogen-bond acceptors (Lipinski definition) is 6. The summed E-state index contributed by atoms with van der Waals surface area (Å²) >= 11 is 0. The van der Waals surface area contributed by atoms with Crippen molar-refractivity contribution in [3.05, 3.63) is 71.6 Å². The number of Topliss-reactive ketones (excluding diaryl/α,β-unsaturated/α-hetero) is 1. The number of benzene rings is 2. The van der Waals surface area contributed by atoms with E-state index in [0.717, 1.165) is 5.56 Å². The zero-order valence-corrected chi connectivity index (χ0v) is 17.0. The predicted octanol–water partition coefficient (Wildman–Crippen LogP) is 3.10. The highest BCUT2D eigenvalue weighted by molar-refractivity contribution is 5.99. The number of fused-ring (bicyclic) bond motifs is 1. The van der Waals surface area contributed by atoms with Crippen LogP contribution in [0.5, 0.6) is 5.75 Å². The van der Waals surface area contributed by atoms with E-state index in [1.165, 1.54) is 4.90 Å². The van der Waals surface area contributed by atoms with E-state index in [9.17, 15) is 9.59 Å². The Hall–Kier alpha value is -4.05. The molecule has 0 spiro atoms. The average Bonchev–Trinajstić information content (AvgIpc) is 3.20. The van der Waals surface area contributed by atoms with Crippen molar-refractivity contribution in [1.29, 1.82) is 0 Å². The third kappa shape index (κ3) is 4.59. The van der Waals surface area contributed by atoms with Crippen molar-refractivity contribution in [3.8, 4) is 17.6 Å². The smallest absolute Gasteiger partial charge is 0.245 e. The minimum absolute atomic E-state index is 0.0648. The van der Waals surface area contributed by atoms with E-state index in [4.69, 9.17) is 15.0 Å². The molecule has 1 aliphatic rings. The summed E-state index contributed by atoms with van der Waals surface area (Å²) in [6, 6.07) is 16.5. The van der Waals surface area contributed by atoms with Gasteiger partial charge in [-0.2, -0.15) is 0 Å². The van der Waals surface area contributed by atoms with Gasteiger partial charge in [0.2, 0.25) is 5.91 Å². The van der Waals surface area contributed by atoms with Gasteiger partial charge in [0.1, 0.15) is 24.0 Å². The first kappa shape index (κ1) is 20.2. The zero-order valence-electron chi connectivity index (χ0n) is 17.0. The molecule has 7 nitrogen and oxygen atoms in total. The number of nitrogens with two attached hydrogens (primary N) is 1. The second-order valence-electron chi connectivity index (χ2n) is 7.25. The number of anilines is 2. The summed E-state index contributed by atoms with van der Waals surface area (Å²) in [4.78, 5) is 26.6. The Morgan fingerprint density at radius 2 is 2.03 bits per heavy atom. The van der Waals surface area contributed by atoms with Crippen LogP contribution in [0.15, 0.2) is 59.1 Å². The summed E-state index contributed by atoms with van der Waals surface area (Å²) in [6.45, 7) is 0.104. The summed E-state index contributed by atoms with van der Waals surface area (Å²) in [7, 11) is 1.65. The molecular formula is C24H21N3O4. The van der Waals surface area contributed by atoms with E-state index in [1.54, 1.807) is 31.3 Å². The molecule has 1 aromatic heterocycles. The Labute approximate surface area is 179 Å². The summed E-state index contributed by atoms with van der Waals surface area (Å²) in [5.74, 6) is 5.67. The SMILES string of the molecule is CN1C(=O)[C@@H](C#CCC(=O)c2cc(Cc3ccccc3)on2)COc2ccc(N)cc21. The molecule has 2 N–H and O–H groups in total. The molecule has 2 heterocycles. The molecule has 1 amide bonds. The first-order valence-corrected chi connectivity index (χ1v) is 9.82. The molecule has 7 heteroatoms. The van der Waals surface area contributed by atoms with Crippen LogP contribution >= 0.6 is 0 Å². The molecule has 1 aliphatic heterocycles. The lowest BCUT2D eigenvalue weighted by Crippen LogP contribution is -2.32. The Bertz CT molecular complexity index is 1170. The Morgan fingerprint density at radius 1 is 1.23 bits per heavy atom. The second kappa shape index (κ2) is 8.76. The number of carbonyl (C=O) groups is 2. The van der Waals surface area contributed by atoms with Crippen LogP contribution in [0.1, 0.15) is 28.2 Å². The molecule has 156 valence electrons. The summed E-state index contributed by atoms with van der Waals surface area (Å²) in [6.07, 6.45) is 0.489. The number of nitrogens with zero attached hydrogens (tertiary/aromatic N) is 2. The van der Waals surface area contributed by atoms with Crippen molar-refractivity contribution >= 4 is 23.1 Å². The monoisotopic (exact) mass is 415 g/mol. The molecule has 0 unspecified atom stereocenters. The van der Waals surface area contributed by atoms with Crippen LogP contribution in [0.2, 0.25) is 0 Å². The third-order valence-corrected chi connectivity index (χ3v) is 4.97. The van der Waals surface area contributed by atoms with Crippen LogP contribution < -0.4 is 15.4 Å². The van der Waals surface area contributed by atoms with Gasteiger partial charge in [0, 0.05) is 25.2 Å². The molecular weight excluding hydrogens is 394 g/mol. The van der Waals surface area contributed by atoms with Crippen molar-refractivity contribution in [2.45, 2.75) is 12.8 Å². The Kier molecular flexibility index (Phi) is 5.72. The molecule has 2 aromatic carbocycles. The maximum absolute atomic E-state index is 12.7. The highest BCUT2D eigenvalue weighted by Gasteiger charge is 2.28. The summed E-state index contributed by atoms with van der Waals surface area (Å²) < 4.78 is 11.0. The van der Waals surface area contributed by atoms with Crippen LogP contribution in [0, 0.1) is 17.8 Å². The van der Waals surface area contributed by atoms with Crippen molar-refractivity contribution in [1.82, 2.24) is 5.16 Å². The van der Waals surface area contributed by atoms with Crippen molar-refractivity contribution in [2.24, 2.45) is 5.92 Å². The van der Waals surface area contributed by atoms with Gasteiger partial charge in [0.05, 0.1) is 12.1 Å². The van der Waals surface area contributed by atoms with Crippen LogP contribution in [-0.4, -0.2) is 30.5 Å². The van der Waals surface area contributed by atoms with E-state index in [-0.39, 0.29) is 30.4 Å². The Balaban J connectivity index is 1.39. The van der Waals surface area contributed by atoms with Crippen LogP contribution in [-0.2, 0) is 11.2 Å². The number of amides is 1. The van der Waals surface area contributed by atoms with Crippen LogP contribution in [0.25, 0.3) is 0 Å². The van der Waals surface area contributed by atoms with E-state index >= 15 is 0 Å². The van der Waals surface area contributed by atoms with Crippen molar-refractivity contribution in [2.75, 3.05) is 24.3 Å². The van der Waals surface area contributed by atoms with Gasteiger partial charge in [-0.1, -0.05) is 47.3 Å². The molecule has 0 saturated carbocycles. The highest BCUT2D eigenvalue weighted by atomic mass is 16.5. The Morgan fingerprint density at radius 3 is 2.84 bits per heavy atom. The largest absolute Gasteiger partial charge is 0.490 e. The molecule has 0 bridgehead atoms. The zero-order chi connectivity index (χ0) is 21.8. The van der Waals surface area contributed by atoms with E-state index in [2.05, 4.69) is 17.0 Å². The number of ether oxygens (including phenoxy) is 1. The normalized spacial score (nSPS) is 15.3. The van der Waals surface area contributed by atoms with Gasteiger partial charge in [0.15, 0.2) is 11.5 Å². The predicted molar refractivity (Wildman–Crippen MR) is 116 cm³/mol. The molecule has 0 saturated heterocycles. The second-order valence-corrected chi connectivity index (χ2v) is 7.25. The number of carbonyl (C=O) groups excluding carboxylic acids is 2. The topological polar surface area (TPSA) is 98.7 Å². The van der Waals surface area contributed by atoms with E-state index < -0.39 is 5.92 Å². The lowest BCUT2D eigenvalue weighted by atomic mass is 10.1. The number of ketones is 1. The third-order valence-electron chi connectivity index (χ3n) is 4.97. The maximum atomic E-state index is 12.7. The maximum Gasteiger partial charge on any atom is 0.245 e. The van der Waals surface area contributed by atoms with E-state index in [1.807, 2.05) is 30.3 Å². The van der Waals surface area contributed by atoms with Gasteiger partial charge >= 0.3 is 0 Å². The highest BCUT2D eigenvalue weighted by Crippen LogP contribution is 2.33. The quantitative estimate of drug-likeness (QED) is 0.399. The lowest BCUT2D eigenvalue weighted by Gasteiger charge is -2.17. The minimum atomic E-state index is -0.683. The van der Waals surface area contributed by atoms with E-state index in [0.29, 0.717) is 29.3 Å². The molecule has 4 rings (SSSR count). The van der Waals surface area contributed by atoms with Gasteiger partial charge < -0.3 is 19.9 Å². The minimum Gasteiger partial charge on any atom is -0.490 e. The first-order chi connectivity index (χ1) is 15.0. The van der Waals surface area contributed by atoms with Crippen molar-refractivity contribution in [3.63, 3.8) is 0 Å². The van der Waals surface area contributed by atoms with Gasteiger partial charge in [0.25, 0.3) is 0 Å². The van der Waals surface area contributed by atoms with Gasteiger partial charge in [-0.05, 0) is 23.8 Å². The number of rotatable bonds is 4.